The SMILES string of the molecule is CCOc1ccc2oc(-c3ccccc3)c(C(=O)Oc3ccc(C(=O)/C=C/c4ccccc4)cc3)c2c1. The molecule has 0 bridgehead atoms. The van der Waals surface area contributed by atoms with E-state index in [1.165, 1.54) is 6.08 Å². The predicted octanol–water partition coefficient (Wildman–Crippen LogP) is 7.61. The molecule has 0 unspecified atom stereocenters. The maximum Gasteiger partial charge on any atom is 0.348 e. The van der Waals surface area contributed by atoms with Crippen LogP contribution in [0.25, 0.3) is 28.4 Å². The molecule has 5 rings (SSSR count). The summed E-state index contributed by atoms with van der Waals surface area (Å²) in [6, 6.07) is 30.9. The van der Waals surface area contributed by atoms with Gasteiger partial charge in [0.15, 0.2) is 5.78 Å². The highest BCUT2D eigenvalue weighted by Crippen LogP contribution is 2.36. The third-order valence-corrected chi connectivity index (χ3v) is 5.79. The first-order valence-corrected chi connectivity index (χ1v) is 12.0. The fourth-order valence-electron chi connectivity index (χ4n) is 4.01. The van der Waals surface area contributed by atoms with Crippen molar-refractivity contribution in [3.63, 3.8) is 0 Å². The van der Waals surface area contributed by atoms with Crippen LogP contribution in [-0.4, -0.2) is 18.4 Å². The molecule has 182 valence electrons. The van der Waals surface area contributed by atoms with Gasteiger partial charge in [0.2, 0.25) is 0 Å². The van der Waals surface area contributed by atoms with Gasteiger partial charge >= 0.3 is 5.97 Å². The second kappa shape index (κ2) is 10.8. The van der Waals surface area contributed by atoms with Crippen molar-refractivity contribution in [2.24, 2.45) is 0 Å². The second-order valence-corrected chi connectivity index (χ2v) is 8.29. The van der Waals surface area contributed by atoms with Crippen LogP contribution in [-0.2, 0) is 0 Å². The van der Waals surface area contributed by atoms with Gasteiger partial charge < -0.3 is 13.9 Å². The van der Waals surface area contributed by atoms with E-state index in [4.69, 9.17) is 13.9 Å². The van der Waals surface area contributed by atoms with Gasteiger partial charge in [-0.25, -0.2) is 4.79 Å². The zero-order valence-electron chi connectivity index (χ0n) is 20.2. The number of esters is 1. The van der Waals surface area contributed by atoms with Crippen LogP contribution in [0.4, 0.5) is 0 Å². The lowest BCUT2D eigenvalue weighted by molar-refractivity contribution is 0.0737. The summed E-state index contributed by atoms with van der Waals surface area (Å²) in [7, 11) is 0. The molecule has 0 aliphatic rings. The Labute approximate surface area is 214 Å². The smallest absolute Gasteiger partial charge is 0.348 e. The van der Waals surface area contributed by atoms with Crippen LogP contribution in [0.15, 0.2) is 114 Å². The van der Waals surface area contributed by atoms with Crippen molar-refractivity contribution in [3.8, 4) is 22.8 Å². The van der Waals surface area contributed by atoms with Crippen LogP contribution in [0.3, 0.4) is 0 Å². The Hall–Kier alpha value is -4.90. The van der Waals surface area contributed by atoms with Crippen LogP contribution in [0.2, 0.25) is 0 Å². The van der Waals surface area contributed by atoms with E-state index in [1.807, 2.05) is 67.6 Å². The zero-order chi connectivity index (χ0) is 25.6. The fraction of sp³-hybridized carbons (Fsp3) is 0.0625. The Morgan fingerprint density at radius 1 is 0.811 bits per heavy atom. The van der Waals surface area contributed by atoms with E-state index < -0.39 is 5.97 Å². The quantitative estimate of drug-likeness (QED) is 0.0973. The number of hydrogen-bond donors (Lipinski definition) is 0. The minimum Gasteiger partial charge on any atom is -0.494 e. The molecule has 0 aliphatic carbocycles. The van der Waals surface area contributed by atoms with Crippen LogP contribution in [0, 0.1) is 0 Å². The number of rotatable bonds is 8. The van der Waals surface area contributed by atoms with E-state index in [0.717, 1.165) is 11.1 Å². The number of carbonyl (C=O) groups is 2. The van der Waals surface area contributed by atoms with E-state index in [0.29, 0.717) is 46.0 Å². The Morgan fingerprint density at radius 3 is 2.19 bits per heavy atom. The summed E-state index contributed by atoms with van der Waals surface area (Å²) in [6.07, 6.45) is 3.29. The van der Waals surface area contributed by atoms with Gasteiger partial charge in [-0.1, -0.05) is 66.7 Å². The van der Waals surface area contributed by atoms with Gasteiger partial charge in [-0.15, -0.1) is 0 Å². The van der Waals surface area contributed by atoms with Gasteiger partial charge in [0.25, 0.3) is 0 Å². The Morgan fingerprint density at radius 2 is 1.49 bits per heavy atom. The molecule has 0 saturated carbocycles. The lowest BCUT2D eigenvalue weighted by Crippen LogP contribution is -2.09. The van der Waals surface area contributed by atoms with Crippen LogP contribution in [0.1, 0.15) is 33.2 Å². The van der Waals surface area contributed by atoms with Crippen molar-refractivity contribution in [1.29, 1.82) is 0 Å². The first-order valence-electron chi connectivity index (χ1n) is 12.0. The van der Waals surface area contributed by atoms with Crippen molar-refractivity contribution >= 4 is 28.8 Å². The first kappa shape index (κ1) is 23.8. The maximum absolute atomic E-state index is 13.4. The summed E-state index contributed by atoms with van der Waals surface area (Å²) in [6.45, 7) is 2.40. The molecule has 4 aromatic carbocycles. The van der Waals surface area contributed by atoms with Crippen LogP contribution in [0.5, 0.6) is 11.5 Å². The highest BCUT2D eigenvalue weighted by molar-refractivity contribution is 6.10. The van der Waals surface area contributed by atoms with Gasteiger partial charge in [0, 0.05) is 16.5 Å². The number of hydrogen-bond acceptors (Lipinski definition) is 5. The molecule has 5 heteroatoms. The Bertz CT molecular complexity index is 1560. The van der Waals surface area contributed by atoms with Gasteiger partial charge in [0.05, 0.1) is 6.61 Å². The highest BCUT2D eigenvalue weighted by atomic mass is 16.5. The van der Waals surface area contributed by atoms with Crippen LogP contribution >= 0.6 is 0 Å². The van der Waals surface area contributed by atoms with Crippen molar-refractivity contribution in [2.75, 3.05) is 6.61 Å². The minimum atomic E-state index is -0.561. The topological polar surface area (TPSA) is 65.7 Å². The second-order valence-electron chi connectivity index (χ2n) is 8.29. The Balaban J connectivity index is 1.41. The minimum absolute atomic E-state index is 0.141. The molecule has 0 atom stereocenters. The molecule has 0 spiro atoms. The standard InChI is InChI=1S/C32H24O5/c1-2-35-26-18-20-29-27(21-26)30(31(37-29)24-11-7-4-8-12-24)32(34)36-25-16-14-23(15-17-25)28(33)19-13-22-9-5-3-6-10-22/h3-21H,2H2,1H3/b19-13+. The van der Waals surface area contributed by atoms with E-state index in [2.05, 4.69) is 0 Å². The number of ether oxygens (including phenoxy) is 2. The van der Waals surface area contributed by atoms with E-state index in [1.54, 1.807) is 48.5 Å². The summed E-state index contributed by atoms with van der Waals surface area (Å²) in [4.78, 5) is 26.0. The summed E-state index contributed by atoms with van der Waals surface area (Å²) in [5.74, 6) is 0.678. The fourth-order valence-corrected chi connectivity index (χ4v) is 4.01. The molecule has 37 heavy (non-hydrogen) atoms. The van der Waals surface area contributed by atoms with Crippen LogP contribution < -0.4 is 9.47 Å². The summed E-state index contributed by atoms with van der Waals surface area (Å²) < 4.78 is 17.4. The average Bonchev–Trinajstić information content (AvgIpc) is 3.32. The van der Waals surface area contributed by atoms with Gasteiger partial charge in [-0.2, -0.15) is 0 Å². The summed E-state index contributed by atoms with van der Waals surface area (Å²) in [5.41, 5.74) is 3.06. The lowest BCUT2D eigenvalue weighted by atomic mass is 10.1. The third-order valence-electron chi connectivity index (χ3n) is 5.79. The number of allylic oxidation sites excluding steroid dienone is 1. The van der Waals surface area contributed by atoms with Gasteiger partial charge in [-0.3, -0.25) is 4.79 Å². The van der Waals surface area contributed by atoms with E-state index in [9.17, 15) is 9.59 Å². The molecular weight excluding hydrogens is 464 g/mol. The third kappa shape index (κ3) is 5.36. The van der Waals surface area contributed by atoms with Crippen molar-refractivity contribution in [3.05, 3.63) is 126 Å². The normalized spacial score (nSPS) is 11.1. The molecule has 0 aliphatic heterocycles. The molecule has 5 aromatic rings. The van der Waals surface area contributed by atoms with Crippen molar-refractivity contribution < 1.29 is 23.5 Å². The number of fused-ring (bicyclic) bond motifs is 1. The van der Waals surface area contributed by atoms with Crippen molar-refractivity contribution in [2.45, 2.75) is 6.92 Å². The number of carbonyl (C=O) groups excluding carboxylic acids is 2. The molecule has 1 heterocycles. The summed E-state index contributed by atoms with van der Waals surface area (Å²) >= 11 is 0. The molecule has 0 saturated heterocycles. The Kier molecular flexibility index (Phi) is 6.95. The number of ketones is 1. The molecule has 0 fully saturated rings. The molecule has 0 radical (unpaired) electrons. The van der Waals surface area contributed by atoms with Gasteiger partial charge in [-0.05, 0) is 61.0 Å². The van der Waals surface area contributed by atoms with E-state index >= 15 is 0 Å². The van der Waals surface area contributed by atoms with E-state index in [-0.39, 0.29) is 5.78 Å². The largest absolute Gasteiger partial charge is 0.494 e. The highest BCUT2D eigenvalue weighted by Gasteiger charge is 2.24. The lowest BCUT2D eigenvalue weighted by Gasteiger charge is -2.07. The number of benzene rings is 4. The van der Waals surface area contributed by atoms with Crippen molar-refractivity contribution in [1.82, 2.24) is 0 Å². The first-order chi connectivity index (χ1) is 18.1. The average molecular weight is 489 g/mol. The molecule has 0 amide bonds. The number of furan rings is 1. The molecule has 0 N–H and O–H groups in total. The maximum atomic E-state index is 13.4. The van der Waals surface area contributed by atoms with Gasteiger partial charge in [0.1, 0.15) is 28.4 Å². The zero-order valence-corrected chi connectivity index (χ0v) is 20.2. The molecular formula is C32H24O5. The summed E-state index contributed by atoms with van der Waals surface area (Å²) in [5, 5.41) is 0.604. The molecule has 5 nitrogen and oxygen atoms in total. The monoisotopic (exact) mass is 488 g/mol. The predicted molar refractivity (Wildman–Crippen MR) is 144 cm³/mol. The molecule has 1 aromatic heterocycles.